The summed E-state index contributed by atoms with van der Waals surface area (Å²) < 4.78 is 39.5. The molecule has 0 aromatic heterocycles. The van der Waals surface area contributed by atoms with Crippen molar-refractivity contribution < 1.29 is 17.9 Å². The predicted octanol–water partition coefficient (Wildman–Crippen LogP) is 30.9. The zero-order valence-corrected chi connectivity index (χ0v) is 70.7. The van der Waals surface area contributed by atoms with E-state index in [1.807, 2.05) is 0 Å². The van der Waals surface area contributed by atoms with E-state index in [2.05, 4.69) is 401 Å². The molecule has 0 radical (unpaired) electrons. The lowest BCUT2D eigenvalue weighted by Crippen LogP contribution is -2.17. The highest BCUT2D eigenvalue weighted by Crippen LogP contribution is 2.31. The van der Waals surface area contributed by atoms with Crippen LogP contribution < -0.4 is 4.74 Å². The van der Waals surface area contributed by atoms with E-state index >= 15 is 0 Å². The quantitative estimate of drug-likeness (QED) is 0.133. The Morgan fingerprint density at radius 3 is 0.886 bits per heavy atom. The molecule has 574 valence electrons. The fourth-order valence-corrected chi connectivity index (χ4v) is 11.9. The van der Waals surface area contributed by atoms with Crippen LogP contribution in [-0.4, -0.2) is 6.36 Å². The molecular formula is C101H143F3O. The van der Waals surface area contributed by atoms with Crippen LogP contribution in [0.1, 0.15) is 251 Å². The molecule has 0 atom stereocenters. The molecule has 9 rings (SSSR count). The Morgan fingerprint density at radius 2 is 0.543 bits per heavy atom. The summed E-state index contributed by atoms with van der Waals surface area (Å²) in [6.45, 7) is 67.1. The van der Waals surface area contributed by atoms with Gasteiger partial charge in [-0.05, 0) is 237 Å². The van der Waals surface area contributed by atoms with E-state index in [0.717, 1.165) is 44.1 Å². The zero-order chi connectivity index (χ0) is 78.9. The van der Waals surface area contributed by atoms with E-state index in [9.17, 15) is 13.2 Å². The van der Waals surface area contributed by atoms with Gasteiger partial charge in [0.1, 0.15) is 5.75 Å². The van der Waals surface area contributed by atoms with Gasteiger partial charge in [-0.3, -0.25) is 0 Å². The Labute approximate surface area is 642 Å². The van der Waals surface area contributed by atoms with Crippen molar-refractivity contribution in [1.82, 2.24) is 0 Å². The Morgan fingerprint density at radius 1 is 0.248 bits per heavy atom. The van der Waals surface area contributed by atoms with Crippen molar-refractivity contribution in [2.45, 2.75) is 272 Å². The summed E-state index contributed by atoms with van der Waals surface area (Å²) in [6.07, 6.45) is 3.08. The molecule has 0 bridgehead atoms. The van der Waals surface area contributed by atoms with Crippen molar-refractivity contribution in [3.8, 4) is 28.0 Å². The second-order valence-corrected chi connectivity index (χ2v) is 38.7. The van der Waals surface area contributed by atoms with Crippen LogP contribution in [0.2, 0.25) is 0 Å². The summed E-state index contributed by atoms with van der Waals surface area (Å²) in [7, 11) is 0. The van der Waals surface area contributed by atoms with Gasteiger partial charge >= 0.3 is 6.36 Å². The van der Waals surface area contributed by atoms with E-state index in [0.29, 0.717) is 32.5 Å². The fourth-order valence-electron chi connectivity index (χ4n) is 11.9. The maximum atomic E-state index is 11.9. The number of ether oxygens (including phenoxy) is 1. The SMILES string of the molecule is C.CC(C)(C)Cc1ccc(-c2ccccc2)cc1.CC(C)(C)Cc1ccc(C(C)(C)C)cc1.CC(C)(C)Cc1ccc(OC(F)(F)F)cc1.CC(C)(C)Cc1cccc(-c2ccccc2)c1.Cc1ccc(C)c(CC(C)(C)C)c1.Cc1ccc(CC(C)(C)C)cc1C.Cc1ccc(CC(C)(C)C)cc1C. The normalized spacial score (nSPS) is 11.9. The van der Waals surface area contributed by atoms with Crippen LogP contribution in [0.15, 0.2) is 212 Å². The monoisotopic (exact) mass is 1430 g/mol. The van der Waals surface area contributed by atoms with Crippen LogP contribution in [0.25, 0.3) is 22.3 Å². The third-order valence-electron chi connectivity index (χ3n) is 16.8. The molecule has 0 saturated heterocycles. The number of alkyl halides is 3. The lowest BCUT2D eigenvalue weighted by atomic mass is 9.84. The summed E-state index contributed by atoms with van der Waals surface area (Å²) in [4.78, 5) is 0. The molecule has 1 nitrogen and oxygen atoms in total. The molecule has 0 spiro atoms. The van der Waals surface area contributed by atoms with Gasteiger partial charge in [0, 0.05) is 0 Å². The lowest BCUT2D eigenvalue weighted by Gasteiger charge is -2.21. The highest BCUT2D eigenvalue weighted by molar-refractivity contribution is 5.64. The molecule has 0 amide bonds. The summed E-state index contributed by atoms with van der Waals surface area (Å²) in [6, 6.07) is 74.2. The third kappa shape index (κ3) is 43.1. The Kier molecular flexibility index (Phi) is 36.6. The van der Waals surface area contributed by atoms with Gasteiger partial charge < -0.3 is 4.74 Å². The van der Waals surface area contributed by atoms with Crippen molar-refractivity contribution in [2.75, 3.05) is 0 Å². The molecule has 9 aromatic rings. The molecule has 0 saturated carbocycles. The maximum Gasteiger partial charge on any atom is 0.573 e. The lowest BCUT2D eigenvalue weighted by molar-refractivity contribution is -0.274. The first-order chi connectivity index (χ1) is 47.6. The molecule has 0 unspecified atom stereocenters. The largest absolute Gasteiger partial charge is 0.573 e. The van der Waals surface area contributed by atoms with Crippen LogP contribution in [0.3, 0.4) is 0 Å². The molecule has 0 fully saturated rings. The van der Waals surface area contributed by atoms with Gasteiger partial charge in [0.15, 0.2) is 0 Å². The van der Waals surface area contributed by atoms with Gasteiger partial charge in [0.25, 0.3) is 0 Å². The number of benzene rings is 9. The second kappa shape index (κ2) is 41.1. The molecule has 0 aliphatic rings. The summed E-state index contributed by atoms with van der Waals surface area (Å²) in [5, 5.41) is 0. The number of hydrogen-bond acceptors (Lipinski definition) is 1. The van der Waals surface area contributed by atoms with Crippen LogP contribution >= 0.6 is 0 Å². The first-order valence-electron chi connectivity index (χ1n) is 38.0. The van der Waals surface area contributed by atoms with Gasteiger partial charge in [0.2, 0.25) is 0 Å². The minimum Gasteiger partial charge on any atom is -0.406 e. The highest BCUT2D eigenvalue weighted by Gasteiger charge is 2.31. The zero-order valence-electron chi connectivity index (χ0n) is 70.7. The van der Waals surface area contributed by atoms with Crippen molar-refractivity contribution in [2.24, 2.45) is 37.9 Å². The second-order valence-electron chi connectivity index (χ2n) is 38.7. The van der Waals surface area contributed by atoms with Gasteiger partial charge in [-0.1, -0.05) is 379 Å². The molecule has 0 aliphatic heterocycles. The van der Waals surface area contributed by atoms with E-state index < -0.39 is 6.36 Å². The van der Waals surface area contributed by atoms with Crippen LogP contribution in [0, 0.1) is 79.4 Å². The molecule has 0 aliphatic carbocycles. The molecule has 105 heavy (non-hydrogen) atoms. The van der Waals surface area contributed by atoms with Gasteiger partial charge in [-0.15, -0.1) is 13.2 Å². The maximum absolute atomic E-state index is 11.9. The molecule has 0 N–H and O–H groups in total. The van der Waals surface area contributed by atoms with E-state index in [-0.39, 0.29) is 24.0 Å². The van der Waals surface area contributed by atoms with Crippen LogP contribution in [0.4, 0.5) is 13.2 Å². The topological polar surface area (TPSA) is 9.23 Å². The van der Waals surface area contributed by atoms with Gasteiger partial charge in [0.05, 0.1) is 0 Å². The average Bonchev–Trinajstić information content (AvgIpc) is 0.896. The third-order valence-corrected chi connectivity index (χ3v) is 16.8. The highest BCUT2D eigenvalue weighted by atomic mass is 19.4. The number of aryl methyl sites for hydroxylation is 6. The van der Waals surface area contributed by atoms with Gasteiger partial charge in [-0.25, -0.2) is 0 Å². The molecule has 4 heteroatoms. The first-order valence-corrected chi connectivity index (χ1v) is 38.0. The Hall–Kier alpha value is -7.43. The van der Waals surface area contributed by atoms with Gasteiger partial charge in [-0.2, -0.15) is 0 Å². The van der Waals surface area contributed by atoms with Crippen molar-refractivity contribution >= 4 is 0 Å². The minimum atomic E-state index is -4.62. The van der Waals surface area contributed by atoms with Crippen molar-refractivity contribution in [1.29, 1.82) is 0 Å². The number of rotatable bonds is 10. The smallest absolute Gasteiger partial charge is 0.406 e. The van der Waals surface area contributed by atoms with Crippen LogP contribution in [0.5, 0.6) is 5.75 Å². The predicted molar refractivity (Wildman–Crippen MR) is 459 cm³/mol. The van der Waals surface area contributed by atoms with Crippen LogP contribution in [-0.2, 0) is 50.4 Å². The van der Waals surface area contributed by atoms with Crippen molar-refractivity contribution in [3.05, 3.63) is 290 Å². The number of hydrogen-bond donors (Lipinski definition) is 0. The number of halogens is 3. The summed E-state index contributed by atoms with van der Waals surface area (Å²) >= 11 is 0. The first kappa shape index (κ1) is 93.7. The molecule has 9 aromatic carbocycles. The van der Waals surface area contributed by atoms with E-state index in [1.54, 1.807) is 12.1 Å². The Balaban J connectivity index is 0.000000417. The standard InChI is InChI=1S/2C17H20.C15H24.3C13H20.C12H15F3O.CH4/c1-17(2,3)13-14-8-7-11-16(12-14)15-9-5-4-6-10-15;1-17(2,3)13-14-9-11-16(12-10-14)15-7-5-4-6-8-15;1-14(2,3)11-12-7-9-13(10-8-12)15(4,5)6;2*1-10-6-7-12(8-11(10)2)9-13(3,4)5;1-10-6-7-11(2)12(8-10)9-13(3,4)5;1-11(2,3)8-9-4-6-10(7-5-9)16-12(13,14)15;/h2*4-12H,13H2,1-3H3;7-10H,11H2,1-6H3;3*6-8H,9H2,1-5H3;4-7H,8H2,1-3H3;1H4. The average molecular weight is 1430 g/mol. The summed E-state index contributed by atoms with van der Waals surface area (Å²) in [5.74, 6) is -0.176. The fraction of sp³-hybridized carbons (Fsp3) is 0.465. The minimum absolute atomic E-state index is 0. The van der Waals surface area contributed by atoms with Crippen molar-refractivity contribution in [3.63, 3.8) is 0 Å². The molecular weight excluding hydrogens is 1290 g/mol. The van der Waals surface area contributed by atoms with E-state index in [4.69, 9.17) is 0 Å². The van der Waals surface area contributed by atoms with E-state index in [1.165, 1.54) is 113 Å². The molecule has 0 heterocycles. The Bertz CT molecular complexity index is 3800. The summed E-state index contributed by atoms with van der Waals surface area (Å²) in [5.41, 5.74) is 27.3.